The van der Waals surface area contributed by atoms with Gasteiger partial charge in [-0.15, -0.1) is 0 Å². The predicted octanol–water partition coefficient (Wildman–Crippen LogP) is 4.11. The zero-order valence-corrected chi connectivity index (χ0v) is 21.5. The first-order valence-corrected chi connectivity index (χ1v) is 13.0. The van der Waals surface area contributed by atoms with Crippen molar-refractivity contribution in [1.29, 1.82) is 5.26 Å². The average molecular weight is 492 g/mol. The van der Waals surface area contributed by atoms with E-state index in [0.29, 0.717) is 18.0 Å². The molecule has 8 nitrogen and oxygen atoms in total. The van der Waals surface area contributed by atoms with Gasteiger partial charge in [0.15, 0.2) is 0 Å². The summed E-state index contributed by atoms with van der Waals surface area (Å²) in [5, 5.41) is 13.8. The Morgan fingerprint density at radius 3 is 2.58 bits per heavy atom. The molecule has 1 aliphatic heterocycles. The Kier molecular flexibility index (Phi) is 6.56. The molecule has 190 valence electrons. The molecular weight excluding hydrogens is 457 g/mol. The van der Waals surface area contributed by atoms with Crippen molar-refractivity contribution in [2.45, 2.75) is 77.0 Å². The normalized spacial score (nSPS) is 21.6. The van der Waals surface area contributed by atoms with Crippen molar-refractivity contribution >= 4 is 16.7 Å². The Hall–Kier alpha value is -3.25. The number of hydrogen-bond acceptors (Lipinski definition) is 6. The highest BCUT2D eigenvalue weighted by molar-refractivity contribution is 5.88. The second-order valence-electron chi connectivity index (χ2n) is 10.2. The average Bonchev–Trinajstić information content (AvgIpc) is 3.65. The molecule has 2 fully saturated rings. The van der Waals surface area contributed by atoms with Crippen molar-refractivity contribution in [3.05, 3.63) is 52.0 Å². The van der Waals surface area contributed by atoms with Gasteiger partial charge in [0.05, 0.1) is 23.5 Å². The number of anilines is 1. The summed E-state index contributed by atoms with van der Waals surface area (Å²) in [6.07, 6.45) is 7.47. The summed E-state index contributed by atoms with van der Waals surface area (Å²) in [6.45, 7) is 7.95. The van der Waals surface area contributed by atoms with Crippen molar-refractivity contribution in [1.82, 2.24) is 24.2 Å². The van der Waals surface area contributed by atoms with Crippen LogP contribution in [0, 0.1) is 17.1 Å². The molecule has 3 aromatic heterocycles. The fourth-order valence-corrected chi connectivity index (χ4v) is 5.61. The van der Waals surface area contributed by atoms with E-state index in [-0.39, 0.29) is 36.0 Å². The lowest BCUT2D eigenvalue weighted by Gasteiger charge is -2.49. The van der Waals surface area contributed by atoms with Crippen LogP contribution in [0.2, 0.25) is 0 Å². The minimum atomic E-state index is -0.166. The molecule has 36 heavy (non-hydrogen) atoms. The maximum atomic E-state index is 15.2. The molecule has 1 aliphatic carbocycles. The summed E-state index contributed by atoms with van der Waals surface area (Å²) >= 11 is 0. The first kappa shape index (κ1) is 24.4. The lowest BCUT2D eigenvalue weighted by atomic mass is 9.96. The van der Waals surface area contributed by atoms with Gasteiger partial charge in [-0.25, -0.2) is 4.39 Å². The molecule has 0 aromatic carbocycles. The predicted molar refractivity (Wildman–Crippen MR) is 137 cm³/mol. The number of rotatable bonds is 7. The summed E-state index contributed by atoms with van der Waals surface area (Å²) in [5.74, 6) is 0.258. The van der Waals surface area contributed by atoms with Gasteiger partial charge in [0.25, 0.3) is 5.56 Å². The summed E-state index contributed by atoms with van der Waals surface area (Å²) < 4.78 is 18.3. The molecule has 2 aliphatic rings. The van der Waals surface area contributed by atoms with Crippen LogP contribution in [0.25, 0.3) is 11.0 Å². The second kappa shape index (κ2) is 9.66. The molecule has 0 amide bonds. The van der Waals surface area contributed by atoms with E-state index in [9.17, 15) is 4.79 Å². The summed E-state index contributed by atoms with van der Waals surface area (Å²) in [6, 6.07) is 5.62. The Balaban J connectivity index is 1.48. The maximum Gasteiger partial charge on any atom is 0.252 e. The van der Waals surface area contributed by atoms with Crippen LogP contribution in [-0.2, 0) is 13.6 Å². The van der Waals surface area contributed by atoms with Crippen LogP contribution in [0.3, 0.4) is 0 Å². The Labute approximate surface area is 210 Å². The van der Waals surface area contributed by atoms with Gasteiger partial charge in [-0.05, 0) is 38.7 Å². The number of pyridine rings is 2. The van der Waals surface area contributed by atoms with E-state index in [1.165, 1.54) is 0 Å². The fourth-order valence-electron chi connectivity index (χ4n) is 5.61. The standard InChI is InChI=1S/C27H34FN7O/c1-5-19-15-35(24-12-26(36)32(4)25-16-33(10-9-29)31-27(24)25)20(6-2)14-34(19)17(3)21-13-30-23(11-22(21)28)18-7-8-18/h11-13,16-20H,5-8,10,14-15H2,1-4H3/t17-,19-,20+/m1/s1. The van der Waals surface area contributed by atoms with Gasteiger partial charge in [0.1, 0.15) is 17.9 Å². The van der Waals surface area contributed by atoms with Gasteiger partial charge in [-0.2, -0.15) is 10.4 Å². The summed E-state index contributed by atoms with van der Waals surface area (Å²) in [4.78, 5) is 22.1. The van der Waals surface area contributed by atoms with Crippen LogP contribution in [0.1, 0.15) is 69.7 Å². The van der Waals surface area contributed by atoms with E-state index in [1.54, 1.807) is 40.8 Å². The quantitative estimate of drug-likeness (QED) is 0.495. The van der Waals surface area contributed by atoms with Crippen molar-refractivity contribution in [2.24, 2.45) is 7.05 Å². The van der Waals surface area contributed by atoms with Crippen LogP contribution in [0.5, 0.6) is 0 Å². The topological polar surface area (TPSA) is 83.0 Å². The number of hydrogen-bond donors (Lipinski definition) is 0. The molecule has 4 heterocycles. The molecular formula is C27H34FN7O. The molecule has 1 saturated carbocycles. The number of nitriles is 1. The smallest absolute Gasteiger partial charge is 0.252 e. The van der Waals surface area contributed by atoms with Crippen LogP contribution in [-0.4, -0.2) is 49.4 Å². The molecule has 0 radical (unpaired) electrons. The first-order valence-electron chi connectivity index (χ1n) is 13.0. The minimum Gasteiger partial charge on any atom is -0.364 e. The number of aryl methyl sites for hydroxylation is 1. The van der Waals surface area contributed by atoms with Gasteiger partial charge in [0, 0.05) is 67.7 Å². The van der Waals surface area contributed by atoms with E-state index < -0.39 is 0 Å². The molecule has 0 bridgehead atoms. The van der Waals surface area contributed by atoms with E-state index in [0.717, 1.165) is 54.6 Å². The highest BCUT2D eigenvalue weighted by Crippen LogP contribution is 2.40. The molecule has 5 rings (SSSR count). The van der Waals surface area contributed by atoms with Crippen LogP contribution >= 0.6 is 0 Å². The number of fused-ring (bicyclic) bond motifs is 1. The van der Waals surface area contributed by atoms with Gasteiger partial charge in [-0.1, -0.05) is 13.8 Å². The third-order valence-corrected chi connectivity index (χ3v) is 8.01. The Morgan fingerprint density at radius 2 is 1.94 bits per heavy atom. The molecule has 9 heteroatoms. The largest absolute Gasteiger partial charge is 0.364 e. The number of halogens is 1. The zero-order chi connectivity index (χ0) is 25.6. The molecule has 0 spiro atoms. The van der Waals surface area contributed by atoms with Crippen LogP contribution in [0.4, 0.5) is 10.1 Å². The lowest BCUT2D eigenvalue weighted by Crippen LogP contribution is -2.59. The van der Waals surface area contributed by atoms with Crippen molar-refractivity contribution in [3.8, 4) is 6.07 Å². The lowest BCUT2D eigenvalue weighted by molar-refractivity contribution is 0.0991. The number of aromatic nitrogens is 4. The first-order chi connectivity index (χ1) is 17.4. The van der Waals surface area contributed by atoms with Crippen molar-refractivity contribution in [2.75, 3.05) is 18.0 Å². The molecule has 3 aromatic rings. The fraction of sp³-hybridized carbons (Fsp3) is 0.556. The third kappa shape index (κ3) is 4.28. The number of nitrogens with zero attached hydrogens (tertiary/aromatic N) is 7. The van der Waals surface area contributed by atoms with Gasteiger partial charge in [-0.3, -0.25) is 19.4 Å². The highest BCUT2D eigenvalue weighted by atomic mass is 19.1. The molecule has 0 unspecified atom stereocenters. The van der Waals surface area contributed by atoms with E-state index in [4.69, 9.17) is 5.26 Å². The number of piperazine rings is 1. The van der Waals surface area contributed by atoms with Gasteiger partial charge < -0.3 is 9.47 Å². The Bertz CT molecular complexity index is 1370. The van der Waals surface area contributed by atoms with Crippen LogP contribution in [0.15, 0.2) is 29.3 Å². The van der Waals surface area contributed by atoms with E-state index in [2.05, 4.69) is 46.7 Å². The van der Waals surface area contributed by atoms with Gasteiger partial charge in [0.2, 0.25) is 0 Å². The maximum absolute atomic E-state index is 15.2. The summed E-state index contributed by atoms with van der Waals surface area (Å²) in [5.41, 5.74) is 3.67. The molecule has 3 atom stereocenters. The molecule has 1 saturated heterocycles. The van der Waals surface area contributed by atoms with Crippen molar-refractivity contribution in [3.63, 3.8) is 0 Å². The zero-order valence-electron chi connectivity index (χ0n) is 21.5. The molecule has 0 N–H and O–H groups in total. The second-order valence-corrected chi connectivity index (χ2v) is 10.2. The highest BCUT2D eigenvalue weighted by Gasteiger charge is 2.37. The van der Waals surface area contributed by atoms with Gasteiger partial charge >= 0.3 is 0 Å². The van der Waals surface area contributed by atoms with Crippen molar-refractivity contribution < 1.29 is 4.39 Å². The SMILES string of the molecule is CC[C@H]1CN([C@H](C)c2cnc(C3CC3)cc2F)[C@H](CC)CN1c1cc(=O)n(C)c2cn(CC#N)nc12. The monoisotopic (exact) mass is 491 g/mol. The van der Waals surface area contributed by atoms with E-state index in [1.807, 2.05) is 0 Å². The minimum absolute atomic E-state index is 0.100. The van der Waals surface area contributed by atoms with E-state index >= 15 is 4.39 Å². The Morgan fingerprint density at radius 1 is 1.19 bits per heavy atom. The van der Waals surface area contributed by atoms with Crippen LogP contribution < -0.4 is 10.5 Å². The third-order valence-electron chi connectivity index (χ3n) is 8.01. The summed E-state index contributed by atoms with van der Waals surface area (Å²) in [7, 11) is 1.73.